The Morgan fingerprint density at radius 1 is 1.19 bits per heavy atom. The second-order valence-electron chi connectivity index (χ2n) is 7.99. The molecule has 0 spiro atoms. The maximum absolute atomic E-state index is 9.69. The minimum Gasteiger partial charge on any atom is -0.393 e. The topological polar surface area (TPSA) is 133 Å². The van der Waals surface area contributed by atoms with Crippen molar-refractivity contribution in [3.63, 3.8) is 0 Å². The zero-order chi connectivity index (χ0) is 21.8. The van der Waals surface area contributed by atoms with E-state index in [1.54, 1.807) is 0 Å². The maximum atomic E-state index is 9.69. The Morgan fingerprint density at radius 3 is 2.74 bits per heavy atom. The number of aryl methyl sites for hydroxylation is 1. The second-order valence-corrected chi connectivity index (χ2v) is 7.99. The summed E-state index contributed by atoms with van der Waals surface area (Å²) in [6.07, 6.45) is 5.26. The van der Waals surface area contributed by atoms with E-state index in [0.717, 1.165) is 54.3 Å². The summed E-state index contributed by atoms with van der Waals surface area (Å²) in [5, 5.41) is 35.9. The molecule has 0 atom stereocenters. The van der Waals surface area contributed by atoms with Gasteiger partial charge in [0, 0.05) is 29.2 Å². The molecule has 1 saturated carbocycles. The fourth-order valence-corrected chi connectivity index (χ4v) is 4.15. The van der Waals surface area contributed by atoms with E-state index in [9.17, 15) is 15.6 Å². The van der Waals surface area contributed by atoms with Crippen LogP contribution in [0.25, 0.3) is 10.9 Å². The van der Waals surface area contributed by atoms with Gasteiger partial charge in [0.2, 0.25) is 5.95 Å². The minimum atomic E-state index is -0.228. The van der Waals surface area contributed by atoms with Crippen molar-refractivity contribution >= 4 is 22.7 Å². The van der Waals surface area contributed by atoms with E-state index < -0.39 is 0 Å². The first kappa shape index (κ1) is 20.6. The Morgan fingerprint density at radius 2 is 2.00 bits per heavy atom. The molecular weight excluding hydrogens is 390 g/mol. The molecule has 158 valence electrons. The summed E-state index contributed by atoms with van der Waals surface area (Å²) in [7, 11) is 0. The number of nitrogens with one attached hydrogen (secondary N) is 3. The number of aromatic amines is 1. The van der Waals surface area contributed by atoms with Crippen LogP contribution >= 0.6 is 0 Å². The van der Waals surface area contributed by atoms with Gasteiger partial charge in [0.05, 0.1) is 23.9 Å². The number of aliphatic hydroxyl groups is 1. The summed E-state index contributed by atoms with van der Waals surface area (Å²) in [6.45, 7) is 2.65. The van der Waals surface area contributed by atoms with Crippen molar-refractivity contribution in [2.45, 2.75) is 51.2 Å². The van der Waals surface area contributed by atoms with Crippen molar-refractivity contribution in [3.8, 4) is 12.1 Å². The zero-order valence-corrected chi connectivity index (χ0v) is 17.4. The SMILES string of the molecule is Cc1[nH]c2ccc(C#N)cc2c1CCNc1ncc(C#N)c(NC2CCC(O)CC2)n1. The van der Waals surface area contributed by atoms with Crippen molar-refractivity contribution < 1.29 is 5.11 Å². The molecule has 3 aromatic rings. The number of nitrogens with zero attached hydrogens (tertiary/aromatic N) is 4. The standard InChI is InChI=1S/C23H25N7O/c1-14-19(20-10-15(11-24)2-7-21(20)28-14)8-9-26-23-27-13-16(12-25)22(30-23)29-17-3-5-18(31)6-4-17/h2,7,10,13,17-18,28,31H,3-6,8-9H2,1H3,(H2,26,27,29,30). The largest absolute Gasteiger partial charge is 0.393 e. The van der Waals surface area contributed by atoms with Gasteiger partial charge in [-0.2, -0.15) is 15.5 Å². The van der Waals surface area contributed by atoms with Crippen LogP contribution in [0.2, 0.25) is 0 Å². The molecule has 1 aromatic carbocycles. The van der Waals surface area contributed by atoms with Gasteiger partial charge in [-0.1, -0.05) is 0 Å². The summed E-state index contributed by atoms with van der Waals surface area (Å²) in [5.41, 5.74) is 4.31. The van der Waals surface area contributed by atoms with Crippen molar-refractivity contribution in [2.24, 2.45) is 0 Å². The van der Waals surface area contributed by atoms with E-state index >= 15 is 0 Å². The molecular formula is C23H25N7O. The number of rotatable bonds is 6. The highest BCUT2D eigenvalue weighted by atomic mass is 16.3. The first-order chi connectivity index (χ1) is 15.1. The molecule has 1 fully saturated rings. The van der Waals surface area contributed by atoms with E-state index in [1.165, 1.54) is 6.20 Å². The molecule has 0 amide bonds. The van der Waals surface area contributed by atoms with E-state index in [0.29, 0.717) is 29.4 Å². The Kier molecular flexibility index (Phi) is 6.01. The van der Waals surface area contributed by atoms with Crippen LogP contribution < -0.4 is 10.6 Å². The van der Waals surface area contributed by atoms with Crippen molar-refractivity contribution in [1.29, 1.82) is 10.5 Å². The summed E-state index contributed by atoms with van der Waals surface area (Å²) in [4.78, 5) is 12.2. The van der Waals surface area contributed by atoms with Crippen LogP contribution in [0.15, 0.2) is 24.4 Å². The van der Waals surface area contributed by atoms with Crippen molar-refractivity contribution in [1.82, 2.24) is 15.0 Å². The average Bonchev–Trinajstić information content (AvgIpc) is 3.10. The minimum absolute atomic E-state index is 0.196. The predicted octanol–water partition coefficient (Wildman–Crippen LogP) is 3.38. The van der Waals surface area contributed by atoms with Crippen LogP contribution in [-0.4, -0.2) is 38.7 Å². The number of hydrogen-bond acceptors (Lipinski definition) is 7. The second kappa shape index (κ2) is 9.03. The number of benzene rings is 1. The predicted molar refractivity (Wildman–Crippen MR) is 119 cm³/mol. The fourth-order valence-electron chi connectivity index (χ4n) is 4.15. The normalized spacial score (nSPS) is 18.3. The van der Waals surface area contributed by atoms with Gasteiger partial charge in [0.15, 0.2) is 0 Å². The van der Waals surface area contributed by atoms with Crippen LogP contribution in [0.3, 0.4) is 0 Å². The quantitative estimate of drug-likeness (QED) is 0.485. The lowest BCUT2D eigenvalue weighted by molar-refractivity contribution is 0.126. The first-order valence-electron chi connectivity index (χ1n) is 10.5. The maximum Gasteiger partial charge on any atom is 0.224 e. The summed E-state index contributed by atoms with van der Waals surface area (Å²) >= 11 is 0. The molecule has 31 heavy (non-hydrogen) atoms. The average molecular weight is 416 g/mol. The third-order valence-corrected chi connectivity index (χ3v) is 5.85. The van der Waals surface area contributed by atoms with E-state index in [2.05, 4.69) is 37.7 Å². The third-order valence-electron chi connectivity index (χ3n) is 5.85. The Balaban J connectivity index is 1.44. The summed E-state index contributed by atoms with van der Waals surface area (Å²) in [6, 6.07) is 10.2. The van der Waals surface area contributed by atoms with Gasteiger partial charge in [0.25, 0.3) is 0 Å². The Hall–Kier alpha value is -3.62. The first-order valence-corrected chi connectivity index (χ1v) is 10.5. The number of H-pyrrole nitrogens is 1. The summed E-state index contributed by atoms with van der Waals surface area (Å²) < 4.78 is 0. The number of aliphatic hydroxyl groups excluding tert-OH is 1. The fraction of sp³-hybridized carbons (Fsp3) is 0.391. The summed E-state index contributed by atoms with van der Waals surface area (Å²) in [5.74, 6) is 0.996. The molecule has 2 aromatic heterocycles. The van der Waals surface area contributed by atoms with Gasteiger partial charge in [0.1, 0.15) is 17.5 Å². The van der Waals surface area contributed by atoms with Crippen LogP contribution in [0.4, 0.5) is 11.8 Å². The van der Waals surface area contributed by atoms with Crippen LogP contribution in [0.1, 0.15) is 48.1 Å². The van der Waals surface area contributed by atoms with E-state index in [-0.39, 0.29) is 12.1 Å². The molecule has 0 radical (unpaired) electrons. The smallest absolute Gasteiger partial charge is 0.224 e. The number of anilines is 2. The molecule has 1 aliphatic carbocycles. The van der Waals surface area contributed by atoms with Gasteiger partial charge < -0.3 is 20.7 Å². The molecule has 8 nitrogen and oxygen atoms in total. The molecule has 2 heterocycles. The highest BCUT2D eigenvalue weighted by molar-refractivity contribution is 5.86. The van der Waals surface area contributed by atoms with Gasteiger partial charge in [-0.15, -0.1) is 0 Å². The van der Waals surface area contributed by atoms with Crippen LogP contribution in [0.5, 0.6) is 0 Å². The zero-order valence-electron chi connectivity index (χ0n) is 17.4. The van der Waals surface area contributed by atoms with Gasteiger partial charge in [-0.05, 0) is 62.8 Å². The Labute approximate surface area is 181 Å². The molecule has 4 N–H and O–H groups in total. The molecule has 0 aliphatic heterocycles. The van der Waals surface area contributed by atoms with Crippen LogP contribution in [0, 0.1) is 29.6 Å². The van der Waals surface area contributed by atoms with Gasteiger partial charge >= 0.3 is 0 Å². The monoisotopic (exact) mass is 415 g/mol. The lowest BCUT2D eigenvalue weighted by atomic mass is 9.93. The van der Waals surface area contributed by atoms with E-state index in [1.807, 2.05) is 25.1 Å². The van der Waals surface area contributed by atoms with Gasteiger partial charge in [-0.3, -0.25) is 0 Å². The molecule has 0 unspecified atom stereocenters. The number of hydrogen-bond donors (Lipinski definition) is 4. The molecule has 4 rings (SSSR count). The Bertz CT molecular complexity index is 1160. The molecule has 8 heteroatoms. The number of nitriles is 2. The van der Waals surface area contributed by atoms with Crippen molar-refractivity contribution in [2.75, 3.05) is 17.2 Å². The highest BCUT2D eigenvalue weighted by Crippen LogP contribution is 2.25. The molecule has 0 bridgehead atoms. The molecule has 1 aliphatic rings. The highest BCUT2D eigenvalue weighted by Gasteiger charge is 2.21. The third kappa shape index (κ3) is 4.60. The number of fused-ring (bicyclic) bond motifs is 1. The van der Waals surface area contributed by atoms with Gasteiger partial charge in [-0.25, -0.2) is 4.98 Å². The van der Waals surface area contributed by atoms with Crippen molar-refractivity contribution in [3.05, 3.63) is 46.8 Å². The van der Waals surface area contributed by atoms with E-state index in [4.69, 9.17) is 0 Å². The molecule has 0 saturated heterocycles. The lowest BCUT2D eigenvalue weighted by Gasteiger charge is -2.26. The lowest BCUT2D eigenvalue weighted by Crippen LogP contribution is -2.29. The number of aromatic nitrogens is 3. The van der Waals surface area contributed by atoms with Crippen LogP contribution in [-0.2, 0) is 6.42 Å².